The van der Waals surface area contributed by atoms with Gasteiger partial charge in [-0.1, -0.05) is 6.07 Å². The van der Waals surface area contributed by atoms with Crippen LogP contribution in [0, 0.1) is 0 Å². The van der Waals surface area contributed by atoms with Crippen LogP contribution in [0.15, 0.2) is 17.5 Å². The maximum absolute atomic E-state index is 11.8. The maximum atomic E-state index is 11.8. The van der Waals surface area contributed by atoms with Gasteiger partial charge in [-0.05, 0) is 31.5 Å². The van der Waals surface area contributed by atoms with E-state index in [1.807, 2.05) is 24.6 Å². The number of carbonyl (C=O) groups excluding carboxylic acids is 1. The fourth-order valence-corrected chi connectivity index (χ4v) is 2.54. The molecule has 0 saturated carbocycles. The third-order valence-electron chi connectivity index (χ3n) is 2.85. The van der Waals surface area contributed by atoms with Gasteiger partial charge in [0.05, 0.1) is 11.4 Å². The van der Waals surface area contributed by atoms with Crippen LogP contribution >= 0.6 is 23.7 Å². The molecule has 0 aromatic carbocycles. The zero-order chi connectivity index (χ0) is 10.7. The van der Waals surface area contributed by atoms with E-state index in [0.29, 0.717) is 12.6 Å². The summed E-state index contributed by atoms with van der Waals surface area (Å²) in [5.74, 6) is 0.236. The number of hydrogen-bond acceptors (Lipinski definition) is 4. The zero-order valence-corrected chi connectivity index (χ0v) is 10.9. The maximum Gasteiger partial charge on any atom is 0.186 e. The van der Waals surface area contributed by atoms with Crippen LogP contribution in [-0.4, -0.2) is 43.4 Å². The van der Waals surface area contributed by atoms with Gasteiger partial charge in [-0.2, -0.15) is 0 Å². The minimum absolute atomic E-state index is 0. The molecule has 1 fully saturated rings. The SMILES string of the molecule is CN(CC(=O)c1cccs1)[C@@H]1CCNC1.Cl. The minimum Gasteiger partial charge on any atom is -0.315 e. The first-order chi connectivity index (χ1) is 7.27. The zero-order valence-electron chi connectivity index (χ0n) is 9.31. The Morgan fingerprint density at radius 1 is 1.69 bits per heavy atom. The molecule has 0 aliphatic carbocycles. The largest absolute Gasteiger partial charge is 0.315 e. The molecule has 0 amide bonds. The molecule has 1 atom stereocenters. The van der Waals surface area contributed by atoms with E-state index in [4.69, 9.17) is 0 Å². The molecule has 1 aromatic heterocycles. The third-order valence-corrected chi connectivity index (χ3v) is 3.76. The molecule has 5 heteroatoms. The van der Waals surface area contributed by atoms with E-state index in [-0.39, 0.29) is 18.2 Å². The molecule has 0 radical (unpaired) electrons. The van der Waals surface area contributed by atoms with Crippen molar-refractivity contribution in [2.75, 3.05) is 26.7 Å². The van der Waals surface area contributed by atoms with Gasteiger partial charge >= 0.3 is 0 Å². The summed E-state index contributed by atoms with van der Waals surface area (Å²) in [6.45, 7) is 2.61. The molecule has 0 unspecified atom stereocenters. The number of rotatable bonds is 4. The van der Waals surface area contributed by atoms with Gasteiger partial charge in [0.25, 0.3) is 0 Å². The first-order valence-electron chi connectivity index (χ1n) is 5.25. The Morgan fingerprint density at radius 3 is 3.06 bits per heavy atom. The van der Waals surface area contributed by atoms with Crippen LogP contribution in [0.1, 0.15) is 16.1 Å². The monoisotopic (exact) mass is 260 g/mol. The van der Waals surface area contributed by atoms with Crippen LogP contribution in [0.5, 0.6) is 0 Å². The van der Waals surface area contributed by atoms with Crippen molar-refractivity contribution >= 4 is 29.5 Å². The van der Waals surface area contributed by atoms with E-state index in [0.717, 1.165) is 24.4 Å². The molecular weight excluding hydrogens is 244 g/mol. The Hall–Kier alpha value is -0.420. The first kappa shape index (κ1) is 13.6. The number of nitrogens with one attached hydrogen (secondary N) is 1. The van der Waals surface area contributed by atoms with Crippen LogP contribution < -0.4 is 5.32 Å². The Bertz CT molecular complexity index is 323. The van der Waals surface area contributed by atoms with Crippen LogP contribution in [0.25, 0.3) is 0 Å². The van der Waals surface area contributed by atoms with Crippen molar-refractivity contribution < 1.29 is 4.79 Å². The lowest BCUT2D eigenvalue weighted by atomic mass is 10.2. The van der Waals surface area contributed by atoms with E-state index < -0.39 is 0 Å². The van der Waals surface area contributed by atoms with Crippen molar-refractivity contribution in [2.24, 2.45) is 0 Å². The number of ketones is 1. The molecule has 2 rings (SSSR count). The smallest absolute Gasteiger partial charge is 0.186 e. The highest BCUT2D eigenvalue weighted by molar-refractivity contribution is 7.12. The lowest BCUT2D eigenvalue weighted by Crippen LogP contribution is -2.37. The van der Waals surface area contributed by atoms with E-state index in [2.05, 4.69) is 10.2 Å². The lowest BCUT2D eigenvalue weighted by Gasteiger charge is -2.22. The summed E-state index contributed by atoms with van der Waals surface area (Å²) in [6, 6.07) is 4.34. The quantitative estimate of drug-likeness (QED) is 0.836. The average Bonchev–Trinajstić information content (AvgIpc) is 2.91. The fourth-order valence-electron chi connectivity index (χ4n) is 1.89. The van der Waals surface area contributed by atoms with Gasteiger partial charge in [0, 0.05) is 12.6 Å². The Labute approximate surface area is 106 Å². The summed E-state index contributed by atoms with van der Waals surface area (Å²) >= 11 is 1.52. The number of Topliss-reactive ketones (excluding diaryl/α,β-unsaturated/α-hetero) is 1. The van der Waals surface area contributed by atoms with Gasteiger partial charge in [-0.15, -0.1) is 23.7 Å². The van der Waals surface area contributed by atoms with E-state index in [1.165, 1.54) is 11.3 Å². The summed E-state index contributed by atoms with van der Waals surface area (Å²) in [4.78, 5) is 14.8. The van der Waals surface area contributed by atoms with Crippen molar-refractivity contribution in [3.8, 4) is 0 Å². The van der Waals surface area contributed by atoms with Crippen LogP contribution in [0.4, 0.5) is 0 Å². The topological polar surface area (TPSA) is 32.3 Å². The first-order valence-corrected chi connectivity index (χ1v) is 6.13. The van der Waals surface area contributed by atoms with E-state index >= 15 is 0 Å². The van der Waals surface area contributed by atoms with Crippen molar-refractivity contribution in [1.82, 2.24) is 10.2 Å². The molecule has 3 nitrogen and oxygen atoms in total. The average molecular weight is 261 g/mol. The molecule has 1 N–H and O–H groups in total. The standard InChI is InChI=1S/C11H16N2OS.ClH/c1-13(9-4-5-12-7-9)8-10(14)11-3-2-6-15-11;/h2-3,6,9,12H,4-5,7-8H2,1H3;1H/t9-;/m1./s1. The Morgan fingerprint density at radius 2 is 2.50 bits per heavy atom. The third kappa shape index (κ3) is 3.28. The molecule has 0 bridgehead atoms. The number of hydrogen-bond donors (Lipinski definition) is 1. The number of thiophene rings is 1. The van der Waals surface area contributed by atoms with Crippen molar-refractivity contribution in [1.29, 1.82) is 0 Å². The highest BCUT2D eigenvalue weighted by atomic mass is 35.5. The molecular formula is C11H17ClN2OS. The molecule has 2 heterocycles. The Kier molecular flexibility index (Phi) is 5.41. The summed E-state index contributed by atoms with van der Waals surface area (Å²) in [7, 11) is 2.03. The van der Waals surface area contributed by atoms with Gasteiger partial charge in [0.15, 0.2) is 5.78 Å². The molecule has 90 valence electrons. The predicted molar refractivity (Wildman–Crippen MR) is 69.8 cm³/mol. The van der Waals surface area contributed by atoms with Crippen molar-refractivity contribution in [2.45, 2.75) is 12.5 Å². The molecule has 0 spiro atoms. The molecule has 1 saturated heterocycles. The van der Waals surface area contributed by atoms with Gasteiger partial charge in [-0.25, -0.2) is 0 Å². The van der Waals surface area contributed by atoms with E-state index in [9.17, 15) is 4.79 Å². The number of carbonyl (C=O) groups is 1. The highest BCUT2D eigenvalue weighted by Gasteiger charge is 2.21. The molecule has 1 aromatic rings. The normalized spacial score (nSPS) is 19.8. The summed E-state index contributed by atoms with van der Waals surface area (Å²) < 4.78 is 0. The second-order valence-electron chi connectivity index (χ2n) is 3.96. The highest BCUT2D eigenvalue weighted by Crippen LogP contribution is 2.12. The van der Waals surface area contributed by atoms with Crippen molar-refractivity contribution in [3.63, 3.8) is 0 Å². The number of nitrogens with zero attached hydrogens (tertiary/aromatic N) is 1. The summed E-state index contributed by atoms with van der Waals surface area (Å²) in [5, 5.41) is 5.26. The molecule has 16 heavy (non-hydrogen) atoms. The Balaban J connectivity index is 0.00000128. The summed E-state index contributed by atoms with van der Waals surface area (Å²) in [6.07, 6.45) is 1.15. The van der Waals surface area contributed by atoms with Gasteiger partial charge in [-0.3, -0.25) is 9.69 Å². The van der Waals surface area contributed by atoms with Gasteiger partial charge in [0.2, 0.25) is 0 Å². The molecule has 1 aliphatic heterocycles. The van der Waals surface area contributed by atoms with Crippen molar-refractivity contribution in [3.05, 3.63) is 22.4 Å². The minimum atomic E-state index is 0. The number of halogens is 1. The number of likely N-dealkylation sites (N-methyl/N-ethyl adjacent to an activating group) is 1. The second-order valence-corrected chi connectivity index (χ2v) is 4.91. The second kappa shape index (κ2) is 6.35. The van der Waals surface area contributed by atoms with Crippen LogP contribution in [0.2, 0.25) is 0 Å². The van der Waals surface area contributed by atoms with Crippen LogP contribution in [0.3, 0.4) is 0 Å². The fraction of sp³-hybridized carbons (Fsp3) is 0.545. The predicted octanol–water partition coefficient (Wildman–Crippen LogP) is 1.65. The molecule has 1 aliphatic rings. The van der Waals surface area contributed by atoms with Crippen LogP contribution in [-0.2, 0) is 0 Å². The van der Waals surface area contributed by atoms with Gasteiger partial charge in [0.1, 0.15) is 0 Å². The summed E-state index contributed by atoms with van der Waals surface area (Å²) in [5.41, 5.74) is 0. The lowest BCUT2D eigenvalue weighted by molar-refractivity contribution is 0.0929. The van der Waals surface area contributed by atoms with Gasteiger partial charge < -0.3 is 5.32 Å². The van der Waals surface area contributed by atoms with E-state index in [1.54, 1.807) is 0 Å².